The molecule has 1 heterocycles. The van der Waals surface area contributed by atoms with E-state index in [1.54, 1.807) is 12.0 Å². The molecule has 2 rings (SSSR count). The SMILES string of the molecule is COc1ccccc1CCNC(=O)NC(CC(C)C)C(=O)N1CCOCC1. The van der Waals surface area contributed by atoms with E-state index in [0.717, 1.165) is 11.3 Å². The Balaban J connectivity index is 1.86. The van der Waals surface area contributed by atoms with Crippen LogP contribution in [0, 0.1) is 5.92 Å². The van der Waals surface area contributed by atoms with Gasteiger partial charge in [-0.2, -0.15) is 0 Å². The van der Waals surface area contributed by atoms with Crippen molar-refractivity contribution in [1.82, 2.24) is 15.5 Å². The topological polar surface area (TPSA) is 79.9 Å². The minimum atomic E-state index is -0.519. The summed E-state index contributed by atoms with van der Waals surface area (Å²) >= 11 is 0. The lowest BCUT2D eigenvalue weighted by Gasteiger charge is -2.31. The molecular weight excluding hydrogens is 346 g/mol. The first-order valence-corrected chi connectivity index (χ1v) is 9.54. The van der Waals surface area contributed by atoms with Crippen LogP contribution >= 0.6 is 0 Å². The number of amides is 3. The molecule has 7 heteroatoms. The number of nitrogens with one attached hydrogen (secondary N) is 2. The molecule has 1 aromatic rings. The van der Waals surface area contributed by atoms with Gasteiger partial charge in [0.15, 0.2) is 0 Å². The van der Waals surface area contributed by atoms with Gasteiger partial charge in [-0.15, -0.1) is 0 Å². The summed E-state index contributed by atoms with van der Waals surface area (Å²) < 4.78 is 10.6. The summed E-state index contributed by atoms with van der Waals surface area (Å²) in [5, 5.41) is 5.69. The number of carbonyl (C=O) groups is 2. The Morgan fingerprint density at radius 1 is 1.22 bits per heavy atom. The lowest BCUT2D eigenvalue weighted by Crippen LogP contribution is -2.54. The van der Waals surface area contributed by atoms with Gasteiger partial charge in [-0.3, -0.25) is 4.79 Å². The molecule has 0 radical (unpaired) electrons. The standard InChI is InChI=1S/C20H31N3O4/c1-15(2)14-17(19(24)23-10-12-27-13-11-23)22-20(25)21-9-8-16-6-4-5-7-18(16)26-3/h4-7,15,17H,8-14H2,1-3H3,(H2,21,22,25). The minimum absolute atomic E-state index is 0.0353. The Kier molecular flexibility index (Phi) is 8.39. The average Bonchev–Trinajstić information content (AvgIpc) is 2.67. The van der Waals surface area contributed by atoms with E-state index in [1.807, 2.05) is 38.1 Å². The van der Waals surface area contributed by atoms with Crippen LogP contribution < -0.4 is 15.4 Å². The van der Waals surface area contributed by atoms with Crippen molar-refractivity contribution in [1.29, 1.82) is 0 Å². The van der Waals surface area contributed by atoms with Gasteiger partial charge in [0.05, 0.1) is 20.3 Å². The van der Waals surface area contributed by atoms with Crippen molar-refractivity contribution in [3.8, 4) is 5.75 Å². The summed E-state index contributed by atoms with van der Waals surface area (Å²) in [5.41, 5.74) is 1.03. The molecule has 0 bridgehead atoms. The summed E-state index contributed by atoms with van der Waals surface area (Å²) in [6.07, 6.45) is 1.26. The van der Waals surface area contributed by atoms with Crippen LogP contribution in [-0.4, -0.2) is 62.8 Å². The molecule has 1 fully saturated rings. The fourth-order valence-corrected chi connectivity index (χ4v) is 3.13. The second kappa shape index (κ2) is 10.8. The van der Waals surface area contributed by atoms with Crippen LogP contribution in [0.2, 0.25) is 0 Å². The molecule has 2 N–H and O–H groups in total. The zero-order valence-electron chi connectivity index (χ0n) is 16.5. The molecule has 1 aliphatic rings. The number of carbonyl (C=O) groups excluding carboxylic acids is 2. The van der Waals surface area contributed by atoms with Gasteiger partial charge in [-0.1, -0.05) is 32.0 Å². The normalized spacial score (nSPS) is 15.3. The molecule has 1 unspecified atom stereocenters. The van der Waals surface area contributed by atoms with Gasteiger partial charge in [-0.25, -0.2) is 4.79 Å². The second-order valence-corrected chi connectivity index (χ2v) is 7.08. The van der Waals surface area contributed by atoms with Gasteiger partial charge in [0.1, 0.15) is 11.8 Å². The van der Waals surface area contributed by atoms with E-state index in [2.05, 4.69) is 10.6 Å². The third-order valence-electron chi connectivity index (χ3n) is 4.51. The summed E-state index contributed by atoms with van der Waals surface area (Å²) in [6.45, 7) is 6.79. The Bertz CT molecular complexity index is 615. The first-order valence-electron chi connectivity index (χ1n) is 9.54. The molecule has 0 saturated carbocycles. The minimum Gasteiger partial charge on any atom is -0.496 e. The van der Waals surface area contributed by atoms with Crippen molar-refractivity contribution in [2.24, 2.45) is 5.92 Å². The molecule has 7 nitrogen and oxygen atoms in total. The number of urea groups is 1. The van der Waals surface area contributed by atoms with Crippen LogP contribution in [0.15, 0.2) is 24.3 Å². The van der Waals surface area contributed by atoms with Crippen LogP contribution in [0.1, 0.15) is 25.8 Å². The number of ether oxygens (including phenoxy) is 2. The maximum Gasteiger partial charge on any atom is 0.315 e. The molecule has 150 valence electrons. The third kappa shape index (κ3) is 6.75. The highest BCUT2D eigenvalue weighted by Crippen LogP contribution is 2.17. The quantitative estimate of drug-likeness (QED) is 0.724. The molecule has 0 aromatic heterocycles. The van der Waals surface area contributed by atoms with E-state index >= 15 is 0 Å². The fourth-order valence-electron chi connectivity index (χ4n) is 3.13. The van der Waals surface area contributed by atoms with Crippen molar-refractivity contribution >= 4 is 11.9 Å². The first kappa shape index (κ1) is 21.0. The number of benzene rings is 1. The fraction of sp³-hybridized carbons (Fsp3) is 0.600. The summed E-state index contributed by atoms with van der Waals surface area (Å²) in [5.74, 6) is 1.07. The van der Waals surface area contributed by atoms with E-state index in [-0.39, 0.29) is 11.9 Å². The van der Waals surface area contributed by atoms with Crippen molar-refractivity contribution in [2.75, 3.05) is 40.0 Å². The number of nitrogens with zero attached hydrogens (tertiary/aromatic N) is 1. The monoisotopic (exact) mass is 377 g/mol. The lowest BCUT2D eigenvalue weighted by atomic mass is 10.0. The maximum absolute atomic E-state index is 12.8. The lowest BCUT2D eigenvalue weighted by molar-refractivity contribution is -0.137. The highest BCUT2D eigenvalue weighted by Gasteiger charge is 2.27. The summed E-state index contributed by atoms with van der Waals surface area (Å²) in [7, 11) is 1.63. The van der Waals surface area contributed by atoms with Gasteiger partial charge < -0.3 is 25.0 Å². The first-order chi connectivity index (χ1) is 13.0. The van der Waals surface area contributed by atoms with Crippen LogP contribution in [0.25, 0.3) is 0 Å². The van der Waals surface area contributed by atoms with E-state index in [1.165, 1.54) is 0 Å². The van der Waals surface area contributed by atoms with Crippen LogP contribution in [0.4, 0.5) is 4.79 Å². The summed E-state index contributed by atoms with van der Waals surface area (Å²) in [4.78, 5) is 26.8. The predicted octanol–water partition coefficient (Wildman–Crippen LogP) is 1.81. The Morgan fingerprint density at radius 3 is 2.59 bits per heavy atom. The zero-order chi connectivity index (χ0) is 19.6. The number of hydrogen-bond acceptors (Lipinski definition) is 4. The number of para-hydroxylation sites is 1. The van der Waals surface area contributed by atoms with Gasteiger partial charge in [0, 0.05) is 19.6 Å². The largest absolute Gasteiger partial charge is 0.496 e. The molecular formula is C20H31N3O4. The van der Waals surface area contributed by atoms with E-state index < -0.39 is 6.04 Å². The molecule has 1 aliphatic heterocycles. The number of morpholine rings is 1. The molecule has 3 amide bonds. The second-order valence-electron chi connectivity index (χ2n) is 7.08. The van der Waals surface area contributed by atoms with Crippen LogP contribution in [0.5, 0.6) is 5.75 Å². The molecule has 1 aromatic carbocycles. The van der Waals surface area contributed by atoms with Gasteiger partial charge in [0.25, 0.3) is 0 Å². The van der Waals surface area contributed by atoms with Crippen LogP contribution in [0.3, 0.4) is 0 Å². The zero-order valence-corrected chi connectivity index (χ0v) is 16.5. The molecule has 1 atom stereocenters. The Hall–Kier alpha value is -2.28. The Labute approximate surface area is 161 Å². The maximum atomic E-state index is 12.8. The molecule has 27 heavy (non-hydrogen) atoms. The molecule has 1 saturated heterocycles. The van der Waals surface area contributed by atoms with E-state index in [0.29, 0.717) is 51.6 Å². The predicted molar refractivity (Wildman–Crippen MR) is 104 cm³/mol. The highest BCUT2D eigenvalue weighted by atomic mass is 16.5. The highest BCUT2D eigenvalue weighted by molar-refractivity contribution is 5.87. The van der Waals surface area contributed by atoms with Gasteiger partial charge >= 0.3 is 6.03 Å². The summed E-state index contributed by atoms with van der Waals surface area (Å²) in [6, 6.07) is 6.89. The van der Waals surface area contributed by atoms with Crippen molar-refractivity contribution < 1.29 is 19.1 Å². The van der Waals surface area contributed by atoms with Crippen molar-refractivity contribution in [2.45, 2.75) is 32.7 Å². The van der Waals surface area contributed by atoms with Gasteiger partial charge in [-0.05, 0) is 30.4 Å². The molecule has 0 aliphatic carbocycles. The number of rotatable bonds is 8. The Morgan fingerprint density at radius 2 is 1.93 bits per heavy atom. The van der Waals surface area contributed by atoms with Gasteiger partial charge in [0.2, 0.25) is 5.91 Å². The smallest absolute Gasteiger partial charge is 0.315 e. The van der Waals surface area contributed by atoms with Crippen molar-refractivity contribution in [3.05, 3.63) is 29.8 Å². The number of hydrogen-bond donors (Lipinski definition) is 2. The molecule has 0 spiro atoms. The van der Waals surface area contributed by atoms with E-state index in [4.69, 9.17) is 9.47 Å². The number of methoxy groups -OCH3 is 1. The average molecular weight is 377 g/mol. The van der Waals surface area contributed by atoms with Crippen LogP contribution in [-0.2, 0) is 16.0 Å². The third-order valence-corrected chi connectivity index (χ3v) is 4.51. The van der Waals surface area contributed by atoms with Crippen molar-refractivity contribution in [3.63, 3.8) is 0 Å². The van der Waals surface area contributed by atoms with E-state index in [9.17, 15) is 9.59 Å².